The van der Waals surface area contributed by atoms with E-state index in [4.69, 9.17) is 52.1 Å². The van der Waals surface area contributed by atoms with Gasteiger partial charge in [-0.2, -0.15) is 0 Å². The van der Waals surface area contributed by atoms with Crippen LogP contribution in [0, 0.1) is 0 Å². The molecule has 2 unspecified atom stereocenters. The average Bonchev–Trinajstić information content (AvgIpc) is 3.16. The maximum absolute atomic E-state index is 12.6. The van der Waals surface area contributed by atoms with E-state index in [-0.39, 0.29) is 19.8 Å². The number of ether oxygens (including phenoxy) is 11. The van der Waals surface area contributed by atoms with Gasteiger partial charge in [0.1, 0.15) is 54.2 Å². The van der Waals surface area contributed by atoms with E-state index < -0.39 is 80.0 Å². The molecule has 0 amide bonds. The molecule has 0 spiro atoms. The van der Waals surface area contributed by atoms with Crippen LogP contribution < -0.4 is 9.47 Å². The molecule has 4 fully saturated rings. The molecule has 4 heterocycles. The van der Waals surface area contributed by atoms with E-state index in [1.54, 1.807) is 37.5 Å². The van der Waals surface area contributed by atoms with E-state index in [2.05, 4.69) is 6.58 Å². The highest BCUT2D eigenvalue weighted by atomic mass is 16.8. The van der Waals surface area contributed by atoms with Gasteiger partial charge in [0.25, 0.3) is 0 Å². The highest BCUT2D eigenvalue weighted by molar-refractivity contribution is 5.66. The van der Waals surface area contributed by atoms with Gasteiger partial charge in [-0.3, -0.25) is 4.79 Å². The van der Waals surface area contributed by atoms with Crippen LogP contribution in [0.3, 0.4) is 0 Å². The fourth-order valence-electron chi connectivity index (χ4n) is 6.66. The molecule has 3 aromatic carbocycles. The van der Waals surface area contributed by atoms with Gasteiger partial charge in [0.05, 0.1) is 26.9 Å². The fraction of sp³-hybridized carbons (Fsp3) is 0.447. The lowest BCUT2D eigenvalue weighted by atomic mass is 9.95. The minimum atomic E-state index is -1.36. The monoisotopic (exact) mass is 706 g/mol. The maximum atomic E-state index is 12.6. The summed E-state index contributed by atoms with van der Waals surface area (Å²) in [5, 5.41) is 11.8. The summed E-state index contributed by atoms with van der Waals surface area (Å²) in [5.74, 6) is 0.449. The lowest BCUT2D eigenvalue weighted by Gasteiger charge is -2.51. The first kappa shape index (κ1) is 35.5. The molecule has 51 heavy (non-hydrogen) atoms. The SMILES string of the molecule is C=CCO[C@@H]1[C@@H](O)[C@@H](O[C@@H]2[C@@H](OC(C)=O)[C@H](Oc3ccc(OC)cc3)O[C@@H]3COC(c4ccccc4)O[C@@H]23)O[C@@H]2COC(c3ccccc3)O[C@@H]12. The number of hydrogen-bond donors (Lipinski definition) is 1. The number of rotatable bonds is 11. The van der Waals surface area contributed by atoms with Crippen LogP contribution in [0.15, 0.2) is 97.6 Å². The first-order valence-corrected chi connectivity index (χ1v) is 16.9. The molecular weight excluding hydrogens is 664 g/mol. The van der Waals surface area contributed by atoms with Crippen molar-refractivity contribution in [3.63, 3.8) is 0 Å². The van der Waals surface area contributed by atoms with Gasteiger partial charge in [0.2, 0.25) is 6.29 Å². The minimum absolute atomic E-state index is 0.103. The Morgan fingerprint density at radius 2 is 1.31 bits per heavy atom. The first-order chi connectivity index (χ1) is 24.9. The molecule has 7 rings (SSSR count). The molecule has 3 aromatic rings. The zero-order valence-corrected chi connectivity index (χ0v) is 28.3. The Morgan fingerprint density at radius 3 is 1.86 bits per heavy atom. The fourth-order valence-corrected chi connectivity index (χ4v) is 6.66. The Morgan fingerprint density at radius 1 is 0.765 bits per heavy atom. The molecule has 0 bridgehead atoms. The molecule has 4 aliphatic rings. The third-order valence-electron chi connectivity index (χ3n) is 9.05. The Hall–Kier alpha value is -3.89. The average molecular weight is 707 g/mol. The van der Waals surface area contributed by atoms with Crippen LogP contribution >= 0.6 is 0 Å². The summed E-state index contributed by atoms with van der Waals surface area (Å²) in [6, 6.07) is 25.8. The van der Waals surface area contributed by atoms with Crippen molar-refractivity contribution < 1.29 is 62.0 Å². The van der Waals surface area contributed by atoms with E-state index in [0.29, 0.717) is 11.5 Å². The Kier molecular flexibility index (Phi) is 11.3. The van der Waals surface area contributed by atoms with Crippen LogP contribution in [0.1, 0.15) is 30.6 Å². The number of carbonyl (C=O) groups is 1. The Labute approximate surface area is 295 Å². The number of hydrogen-bond acceptors (Lipinski definition) is 13. The highest BCUT2D eigenvalue weighted by Gasteiger charge is 2.57. The van der Waals surface area contributed by atoms with Gasteiger partial charge in [-0.1, -0.05) is 66.7 Å². The molecule has 13 nitrogen and oxygen atoms in total. The van der Waals surface area contributed by atoms with Crippen molar-refractivity contribution in [3.8, 4) is 11.5 Å². The van der Waals surface area contributed by atoms with Crippen LogP contribution in [-0.2, 0) is 47.4 Å². The van der Waals surface area contributed by atoms with E-state index >= 15 is 0 Å². The molecule has 0 aliphatic carbocycles. The lowest BCUT2D eigenvalue weighted by Crippen LogP contribution is -2.68. The van der Waals surface area contributed by atoms with Crippen LogP contribution in [0.4, 0.5) is 0 Å². The van der Waals surface area contributed by atoms with E-state index in [0.717, 1.165) is 11.1 Å². The molecule has 1 N–H and O–H groups in total. The van der Waals surface area contributed by atoms with E-state index in [1.165, 1.54) is 6.92 Å². The maximum Gasteiger partial charge on any atom is 0.303 e. The van der Waals surface area contributed by atoms with Crippen LogP contribution in [0.25, 0.3) is 0 Å². The summed E-state index contributed by atoms with van der Waals surface area (Å²) in [7, 11) is 1.56. The second kappa shape index (κ2) is 16.2. The normalized spacial score (nSPS) is 34.7. The quantitative estimate of drug-likeness (QED) is 0.227. The van der Waals surface area contributed by atoms with Crippen molar-refractivity contribution in [2.75, 3.05) is 26.9 Å². The van der Waals surface area contributed by atoms with Gasteiger partial charge in [-0.25, -0.2) is 0 Å². The Bertz CT molecular complexity index is 1570. The van der Waals surface area contributed by atoms with Crippen LogP contribution in [0.2, 0.25) is 0 Å². The van der Waals surface area contributed by atoms with Crippen molar-refractivity contribution in [2.24, 2.45) is 0 Å². The largest absolute Gasteiger partial charge is 0.497 e. The van der Waals surface area contributed by atoms with Gasteiger partial charge in [-0.15, -0.1) is 6.58 Å². The number of aliphatic hydroxyl groups is 1. The van der Waals surface area contributed by atoms with Crippen molar-refractivity contribution in [2.45, 2.75) is 80.9 Å². The first-order valence-electron chi connectivity index (χ1n) is 16.9. The summed E-state index contributed by atoms with van der Waals surface area (Å²) in [6.07, 6.45) is -9.83. The zero-order valence-electron chi connectivity index (χ0n) is 28.3. The molecule has 0 aromatic heterocycles. The summed E-state index contributed by atoms with van der Waals surface area (Å²) >= 11 is 0. The van der Waals surface area contributed by atoms with Gasteiger partial charge in [-0.05, 0) is 24.3 Å². The number of carbonyl (C=O) groups excluding carboxylic acids is 1. The van der Waals surface area contributed by atoms with Crippen LogP contribution in [-0.4, -0.2) is 99.4 Å². The second-order valence-electron chi connectivity index (χ2n) is 12.5. The third kappa shape index (κ3) is 7.97. The van der Waals surface area contributed by atoms with Crippen molar-refractivity contribution in [1.82, 2.24) is 0 Å². The lowest BCUT2D eigenvalue weighted by molar-refractivity contribution is -0.401. The topological polar surface area (TPSA) is 139 Å². The molecule has 4 saturated heterocycles. The predicted octanol–water partition coefficient (Wildman–Crippen LogP) is 4.00. The van der Waals surface area contributed by atoms with Crippen molar-refractivity contribution in [3.05, 3.63) is 109 Å². The second-order valence-corrected chi connectivity index (χ2v) is 12.5. The Balaban J connectivity index is 1.18. The summed E-state index contributed by atoms with van der Waals surface area (Å²) in [4.78, 5) is 12.6. The van der Waals surface area contributed by atoms with Gasteiger partial charge >= 0.3 is 5.97 Å². The molecule has 4 aliphatic heterocycles. The number of methoxy groups -OCH3 is 1. The van der Waals surface area contributed by atoms with E-state index in [9.17, 15) is 9.90 Å². The molecule has 272 valence electrons. The number of esters is 1. The summed E-state index contributed by atoms with van der Waals surface area (Å²) in [6.45, 7) is 5.41. The van der Waals surface area contributed by atoms with E-state index in [1.807, 2.05) is 60.7 Å². The van der Waals surface area contributed by atoms with Gasteiger partial charge in [0, 0.05) is 18.1 Å². The van der Waals surface area contributed by atoms with Gasteiger partial charge < -0.3 is 57.2 Å². The molecule has 13 heteroatoms. The standard InChI is InChI=1S/C38H42O13/c1-4-19-42-32-29(40)37(47-27-20-43-35(49-30(27)32)23-11-7-5-8-12-23)51-33-31-28(21-44-36(50-31)24-13-9-6-10-14-24)48-38(34(33)45-22(2)39)46-26-17-15-25(41-3)16-18-26/h4-18,27-38,40H,1,19-21H2,2-3H3/t27-,28-,29-,30-,31-,32-,33+,34-,35?,36?,37-,38-/m1/s1. The molecule has 0 radical (unpaired) electrons. The molecular formula is C38H42O13. The third-order valence-corrected chi connectivity index (χ3v) is 9.05. The summed E-state index contributed by atoms with van der Waals surface area (Å²) in [5.41, 5.74) is 1.59. The highest BCUT2D eigenvalue weighted by Crippen LogP contribution is 2.41. The van der Waals surface area contributed by atoms with Gasteiger partial charge in [0.15, 0.2) is 25.0 Å². The number of benzene rings is 3. The summed E-state index contributed by atoms with van der Waals surface area (Å²) < 4.78 is 67.9. The number of fused-ring (bicyclic) bond motifs is 2. The number of aliphatic hydroxyl groups excluding tert-OH is 1. The zero-order chi connectivity index (χ0) is 35.3. The molecule has 0 saturated carbocycles. The van der Waals surface area contributed by atoms with Crippen LogP contribution in [0.5, 0.6) is 11.5 Å². The molecule has 12 atom stereocenters. The van der Waals surface area contributed by atoms with Crippen molar-refractivity contribution >= 4 is 5.97 Å². The van der Waals surface area contributed by atoms with Crippen molar-refractivity contribution in [1.29, 1.82) is 0 Å². The smallest absolute Gasteiger partial charge is 0.303 e. The predicted molar refractivity (Wildman–Crippen MR) is 177 cm³/mol. The minimum Gasteiger partial charge on any atom is -0.497 e.